The van der Waals surface area contributed by atoms with Crippen LogP contribution in [-0.4, -0.2) is 42.2 Å². The fourth-order valence-corrected chi connectivity index (χ4v) is 2.42. The van der Waals surface area contributed by atoms with Gasteiger partial charge in [0.15, 0.2) is 0 Å². The Hall–Kier alpha value is -0.970. The molecule has 106 valence electrons. The second-order valence-corrected chi connectivity index (χ2v) is 5.17. The van der Waals surface area contributed by atoms with Crippen molar-refractivity contribution >= 4 is 0 Å². The van der Waals surface area contributed by atoms with Crippen molar-refractivity contribution < 1.29 is 4.74 Å². The number of aromatic nitrogens is 1. The van der Waals surface area contributed by atoms with Crippen LogP contribution in [0, 0.1) is 0 Å². The Labute approximate surface area is 116 Å². The lowest BCUT2D eigenvalue weighted by molar-refractivity contribution is 0.0666. The average molecular weight is 263 g/mol. The molecule has 1 unspecified atom stereocenters. The summed E-state index contributed by atoms with van der Waals surface area (Å²) in [5, 5.41) is 3.32. The molecule has 0 aromatic carbocycles. The van der Waals surface area contributed by atoms with Crippen molar-refractivity contribution in [1.29, 1.82) is 0 Å². The van der Waals surface area contributed by atoms with E-state index in [4.69, 9.17) is 9.72 Å². The van der Waals surface area contributed by atoms with E-state index in [-0.39, 0.29) is 0 Å². The average Bonchev–Trinajstić information content (AvgIpc) is 2.61. The molecule has 1 aliphatic rings. The smallest absolute Gasteiger partial charge is 0.0674 e. The van der Waals surface area contributed by atoms with Gasteiger partial charge in [-0.1, -0.05) is 13.0 Å². The summed E-state index contributed by atoms with van der Waals surface area (Å²) in [6, 6.07) is 6.30. The molecule has 2 rings (SSSR count). The van der Waals surface area contributed by atoms with Crippen molar-refractivity contribution in [3.63, 3.8) is 0 Å². The Balaban J connectivity index is 1.93. The molecule has 1 aromatic heterocycles. The van der Waals surface area contributed by atoms with Gasteiger partial charge in [-0.3, -0.25) is 9.88 Å². The molecule has 1 saturated heterocycles. The van der Waals surface area contributed by atoms with Crippen LogP contribution in [0.5, 0.6) is 0 Å². The van der Waals surface area contributed by atoms with Crippen LogP contribution in [0.3, 0.4) is 0 Å². The topological polar surface area (TPSA) is 37.4 Å². The second kappa shape index (κ2) is 7.58. The molecule has 0 saturated carbocycles. The quantitative estimate of drug-likeness (QED) is 0.879. The van der Waals surface area contributed by atoms with E-state index in [9.17, 15) is 0 Å². The van der Waals surface area contributed by atoms with E-state index in [0.717, 1.165) is 57.1 Å². The highest BCUT2D eigenvalue weighted by Gasteiger charge is 2.15. The van der Waals surface area contributed by atoms with Crippen molar-refractivity contribution in [2.45, 2.75) is 39.5 Å². The van der Waals surface area contributed by atoms with Gasteiger partial charge in [0.05, 0.1) is 17.5 Å². The van der Waals surface area contributed by atoms with E-state index < -0.39 is 0 Å². The fraction of sp³-hybridized carbons (Fsp3) is 0.667. The summed E-state index contributed by atoms with van der Waals surface area (Å²) in [5.41, 5.74) is 2.28. The molecular weight excluding hydrogens is 238 g/mol. The molecule has 2 heterocycles. The number of pyridine rings is 1. The number of hydrogen-bond acceptors (Lipinski definition) is 4. The molecule has 1 atom stereocenters. The SMILES string of the molecule is CCNCc1cccc(CN2CCCOC(C)C2)n1. The normalized spacial score (nSPS) is 21.3. The number of rotatable bonds is 5. The minimum absolute atomic E-state index is 0.326. The summed E-state index contributed by atoms with van der Waals surface area (Å²) in [5.74, 6) is 0. The zero-order valence-corrected chi connectivity index (χ0v) is 12.1. The predicted octanol–water partition coefficient (Wildman–Crippen LogP) is 1.80. The molecule has 1 N–H and O–H groups in total. The highest BCUT2D eigenvalue weighted by molar-refractivity contribution is 5.11. The first-order valence-electron chi connectivity index (χ1n) is 7.27. The van der Waals surface area contributed by atoms with Crippen molar-refractivity contribution in [3.05, 3.63) is 29.6 Å². The van der Waals surface area contributed by atoms with Gasteiger partial charge in [0.2, 0.25) is 0 Å². The monoisotopic (exact) mass is 263 g/mol. The number of nitrogens with one attached hydrogen (secondary N) is 1. The van der Waals surface area contributed by atoms with E-state index in [1.807, 2.05) is 0 Å². The zero-order chi connectivity index (χ0) is 13.5. The van der Waals surface area contributed by atoms with E-state index in [1.54, 1.807) is 0 Å². The van der Waals surface area contributed by atoms with Gasteiger partial charge in [-0.05, 0) is 32.0 Å². The second-order valence-electron chi connectivity index (χ2n) is 5.17. The summed E-state index contributed by atoms with van der Waals surface area (Å²) in [6.07, 6.45) is 1.44. The van der Waals surface area contributed by atoms with Crippen molar-refractivity contribution in [2.75, 3.05) is 26.2 Å². The van der Waals surface area contributed by atoms with Gasteiger partial charge in [0, 0.05) is 32.8 Å². The first kappa shape index (κ1) is 14.4. The van der Waals surface area contributed by atoms with Gasteiger partial charge in [-0.25, -0.2) is 0 Å². The highest BCUT2D eigenvalue weighted by atomic mass is 16.5. The molecule has 0 aliphatic carbocycles. The van der Waals surface area contributed by atoms with Crippen LogP contribution >= 0.6 is 0 Å². The zero-order valence-electron chi connectivity index (χ0n) is 12.1. The molecule has 1 aromatic rings. The van der Waals surface area contributed by atoms with Gasteiger partial charge in [-0.2, -0.15) is 0 Å². The first-order chi connectivity index (χ1) is 9.28. The number of ether oxygens (including phenoxy) is 1. The Kier molecular flexibility index (Phi) is 5.76. The maximum atomic E-state index is 5.68. The molecule has 0 radical (unpaired) electrons. The van der Waals surface area contributed by atoms with E-state index in [2.05, 4.69) is 42.3 Å². The Morgan fingerprint density at radius 2 is 2.26 bits per heavy atom. The van der Waals surface area contributed by atoms with Crippen molar-refractivity contribution in [1.82, 2.24) is 15.2 Å². The largest absolute Gasteiger partial charge is 0.377 e. The van der Waals surface area contributed by atoms with Gasteiger partial charge < -0.3 is 10.1 Å². The summed E-state index contributed by atoms with van der Waals surface area (Å²) in [6.45, 7) is 9.99. The molecular formula is C15H25N3O. The lowest BCUT2D eigenvalue weighted by atomic mass is 10.2. The van der Waals surface area contributed by atoms with Crippen LogP contribution < -0.4 is 5.32 Å². The molecule has 1 aliphatic heterocycles. The van der Waals surface area contributed by atoms with Gasteiger partial charge in [-0.15, -0.1) is 0 Å². The van der Waals surface area contributed by atoms with Gasteiger partial charge in [0.25, 0.3) is 0 Å². The number of nitrogens with zero attached hydrogens (tertiary/aromatic N) is 2. The van der Waals surface area contributed by atoms with E-state index >= 15 is 0 Å². The fourth-order valence-electron chi connectivity index (χ4n) is 2.42. The Morgan fingerprint density at radius 1 is 1.42 bits per heavy atom. The molecule has 4 nitrogen and oxygen atoms in total. The minimum Gasteiger partial charge on any atom is -0.377 e. The Morgan fingerprint density at radius 3 is 3.11 bits per heavy atom. The van der Waals surface area contributed by atoms with Crippen LogP contribution in [0.4, 0.5) is 0 Å². The predicted molar refractivity (Wildman–Crippen MR) is 76.9 cm³/mol. The lowest BCUT2D eigenvalue weighted by Gasteiger charge is -2.21. The molecule has 0 amide bonds. The summed E-state index contributed by atoms with van der Waals surface area (Å²) < 4.78 is 5.68. The third kappa shape index (κ3) is 4.90. The Bertz CT molecular complexity index is 383. The maximum absolute atomic E-state index is 5.68. The van der Waals surface area contributed by atoms with E-state index in [0.29, 0.717) is 6.10 Å². The summed E-state index contributed by atoms with van der Waals surface area (Å²) in [4.78, 5) is 7.16. The maximum Gasteiger partial charge on any atom is 0.0674 e. The third-order valence-electron chi connectivity index (χ3n) is 3.34. The van der Waals surface area contributed by atoms with Crippen LogP contribution in [0.25, 0.3) is 0 Å². The summed E-state index contributed by atoms with van der Waals surface area (Å²) in [7, 11) is 0. The number of hydrogen-bond donors (Lipinski definition) is 1. The highest BCUT2D eigenvalue weighted by Crippen LogP contribution is 2.10. The molecule has 1 fully saturated rings. The lowest BCUT2D eigenvalue weighted by Crippen LogP contribution is -2.30. The minimum atomic E-state index is 0.326. The molecule has 0 spiro atoms. The summed E-state index contributed by atoms with van der Waals surface area (Å²) >= 11 is 0. The first-order valence-corrected chi connectivity index (χ1v) is 7.27. The third-order valence-corrected chi connectivity index (χ3v) is 3.34. The van der Waals surface area contributed by atoms with Crippen molar-refractivity contribution in [3.8, 4) is 0 Å². The van der Waals surface area contributed by atoms with Crippen LogP contribution in [0.1, 0.15) is 31.7 Å². The molecule has 19 heavy (non-hydrogen) atoms. The molecule has 4 heteroatoms. The standard InChI is InChI=1S/C15H25N3O/c1-3-16-10-14-6-4-7-15(17-14)12-18-8-5-9-19-13(2)11-18/h4,6-7,13,16H,3,5,8-12H2,1-2H3. The van der Waals surface area contributed by atoms with Crippen LogP contribution in [0.15, 0.2) is 18.2 Å². The molecule has 0 bridgehead atoms. The van der Waals surface area contributed by atoms with Gasteiger partial charge in [0.1, 0.15) is 0 Å². The van der Waals surface area contributed by atoms with Crippen molar-refractivity contribution in [2.24, 2.45) is 0 Å². The van der Waals surface area contributed by atoms with Gasteiger partial charge >= 0.3 is 0 Å². The van der Waals surface area contributed by atoms with E-state index in [1.165, 1.54) is 0 Å². The van der Waals surface area contributed by atoms with Crippen LogP contribution in [-0.2, 0) is 17.8 Å². The van der Waals surface area contributed by atoms with Crippen LogP contribution in [0.2, 0.25) is 0 Å².